The molecule has 122 valence electrons. The number of carbonyl (C=O) groups is 1. The molecule has 22 heavy (non-hydrogen) atoms. The number of alkyl halides is 3. The highest BCUT2D eigenvalue weighted by Crippen LogP contribution is 2.34. The van der Waals surface area contributed by atoms with E-state index < -0.39 is 23.7 Å². The van der Waals surface area contributed by atoms with E-state index in [1.165, 1.54) is 11.8 Å². The summed E-state index contributed by atoms with van der Waals surface area (Å²) in [6.45, 7) is 2.09. The number of nitrogens with one attached hydrogen (secondary N) is 1. The number of likely N-dealkylation sites (tertiary alicyclic amines) is 1. The number of urea groups is 1. The highest BCUT2D eigenvalue weighted by atomic mass is 19.4. The van der Waals surface area contributed by atoms with Gasteiger partial charge in [-0.25, -0.2) is 9.18 Å². The summed E-state index contributed by atoms with van der Waals surface area (Å²) in [6, 6.07) is 2.05. The standard InChI is InChI=1S/C14H16F4N2O2/c1-8(21)5-19-13(22)20-6-9(7-20)11-3-2-10(4-12(11)15)14(16,17)18/h2-4,8-9,21H,5-7H2,1H3,(H,19,22). The second-order valence-corrected chi connectivity index (χ2v) is 5.37. The van der Waals surface area contributed by atoms with Crippen molar-refractivity contribution in [2.75, 3.05) is 19.6 Å². The third kappa shape index (κ3) is 3.68. The summed E-state index contributed by atoms with van der Waals surface area (Å²) in [5.74, 6) is -1.23. The zero-order valence-corrected chi connectivity index (χ0v) is 11.8. The number of benzene rings is 1. The van der Waals surface area contributed by atoms with Gasteiger partial charge in [-0.1, -0.05) is 6.07 Å². The Morgan fingerprint density at radius 1 is 1.45 bits per heavy atom. The molecule has 4 nitrogen and oxygen atoms in total. The molecule has 1 fully saturated rings. The van der Waals surface area contributed by atoms with Crippen molar-refractivity contribution >= 4 is 6.03 Å². The molecule has 1 aromatic carbocycles. The van der Waals surface area contributed by atoms with Gasteiger partial charge in [-0.3, -0.25) is 0 Å². The molecule has 8 heteroatoms. The fraction of sp³-hybridized carbons (Fsp3) is 0.500. The van der Waals surface area contributed by atoms with E-state index in [1.54, 1.807) is 0 Å². The zero-order valence-electron chi connectivity index (χ0n) is 11.8. The van der Waals surface area contributed by atoms with Gasteiger partial charge in [0.15, 0.2) is 0 Å². The van der Waals surface area contributed by atoms with Gasteiger partial charge in [0.05, 0.1) is 11.7 Å². The van der Waals surface area contributed by atoms with Crippen LogP contribution >= 0.6 is 0 Å². The lowest BCUT2D eigenvalue weighted by Crippen LogP contribution is -2.53. The van der Waals surface area contributed by atoms with Gasteiger partial charge < -0.3 is 15.3 Å². The molecule has 1 atom stereocenters. The van der Waals surface area contributed by atoms with Crippen LogP contribution in [0.15, 0.2) is 18.2 Å². The molecule has 0 bridgehead atoms. The third-order valence-corrected chi connectivity index (χ3v) is 3.49. The van der Waals surface area contributed by atoms with Crippen LogP contribution in [0.4, 0.5) is 22.4 Å². The molecule has 1 unspecified atom stereocenters. The van der Waals surface area contributed by atoms with Crippen LogP contribution in [0.25, 0.3) is 0 Å². The summed E-state index contributed by atoms with van der Waals surface area (Å²) in [5.41, 5.74) is -0.854. The number of amides is 2. The van der Waals surface area contributed by atoms with E-state index in [4.69, 9.17) is 5.11 Å². The van der Waals surface area contributed by atoms with E-state index >= 15 is 0 Å². The van der Waals surface area contributed by atoms with Crippen molar-refractivity contribution in [3.63, 3.8) is 0 Å². The summed E-state index contributed by atoms with van der Waals surface area (Å²) in [7, 11) is 0. The lowest BCUT2D eigenvalue weighted by molar-refractivity contribution is -0.137. The first kappa shape index (κ1) is 16.5. The van der Waals surface area contributed by atoms with Crippen molar-refractivity contribution in [2.45, 2.75) is 25.1 Å². The molecule has 1 heterocycles. The molecule has 0 aliphatic carbocycles. The van der Waals surface area contributed by atoms with Crippen LogP contribution in [-0.2, 0) is 6.18 Å². The minimum Gasteiger partial charge on any atom is -0.392 e. The summed E-state index contributed by atoms with van der Waals surface area (Å²) >= 11 is 0. The highest BCUT2D eigenvalue weighted by molar-refractivity contribution is 5.75. The SMILES string of the molecule is CC(O)CNC(=O)N1CC(c2ccc(C(F)(F)F)cc2F)C1. The lowest BCUT2D eigenvalue weighted by Gasteiger charge is -2.39. The van der Waals surface area contributed by atoms with Gasteiger partial charge >= 0.3 is 12.2 Å². The maximum atomic E-state index is 13.8. The van der Waals surface area contributed by atoms with Gasteiger partial charge in [-0.15, -0.1) is 0 Å². The molecule has 2 rings (SSSR count). The van der Waals surface area contributed by atoms with Crippen molar-refractivity contribution in [2.24, 2.45) is 0 Å². The fourth-order valence-electron chi connectivity index (χ4n) is 2.22. The van der Waals surface area contributed by atoms with Crippen LogP contribution in [0, 0.1) is 5.82 Å². The van der Waals surface area contributed by atoms with E-state index in [2.05, 4.69) is 5.32 Å². The molecule has 1 saturated heterocycles. The maximum absolute atomic E-state index is 13.8. The quantitative estimate of drug-likeness (QED) is 0.840. The van der Waals surface area contributed by atoms with Crippen molar-refractivity contribution in [3.05, 3.63) is 35.1 Å². The number of halogens is 4. The van der Waals surface area contributed by atoms with Crippen LogP contribution in [-0.4, -0.2) is 41.8 Å². The average molecular weight is 320 g/mol. The summed E-state index contributed by atoms with van der Waals surface area (Å²) in [6.07, 6.45) is -5.25. The van der Waals surface area contributed by atoms with Gasteiger partial charge in [-0.05, 0) is 24.6 Å². The number of aliphatic hydroxyl groups is 1. The molecule has 1 aliphatic heterocycles. The molecule has 0 saturated carbocycles. The predicted octanol–water partition coefficient (Wildman–Crippen LogP) is 2.33. The molecular weight excluding hydrogens is 304 g/mol. The van der Waals surface area contributed by atoms with Crippen molar-refractivity contribution < 1.29 is 27.5 Å². The van der Waals surface area contributed by atoms with Gasteiger partial charge in [0, 0.05) is 25.6 Å². The molecule has 2 amide bonds. The number of hydrogen-bond donors (Lipinski definition) is 2. The molecule has 2 N–H and O–H groups in total. The number of carbonyl (C=O) groups excluding carboxylic acids is 1. The van der Waals surface area contributed by atoms with Crippen LogP contribution in [0.1, 0.15) is 24.0 Å². The largest absolute Gasteiger partial charge is 0.416 e. The van der Waals surface area contributed by atoms with Crippen molar-refractivity contribution in [1.82, 2.24) is 10.2 Å². The number of hydrogen-bond acceptors (Lipinski definition) is 2. The Bertz CT molecular complexity index is 554. The Kier molecular flexibility index (Phi) is 4.60. The maximum Gasteiger partial charge on any atom is 0.416 e. The average Bonchev–Trinajstić information content (AvgIpc) is 2.35. The molecule has 1 aromatic rings. The first-order valence-corrected chi connectivity index (χ1v) is 6.76. The van der Waals surface area contributed by atoms with Crippen LogP contribution in [0.2, 0.25) is 0 Å². The summed E-state index contributed by atoms with van der Waals surface area (Å²) in [5, 5.41) is 11.6. The first-order chi connectivity index (χ1) is 10.2. The van der Waals surface area contributed by atoms with E-state index in [-0.39, 0.29) is 37.1 Å². The Hall–Kier alpha value is -1.83. The van der Waals surface area contributed by atoms with E-state index in [0.717, 1.165) is 12.1 Å². The Labute approximate surface area is 124 Å². The lowest BCUT2D eigenvalue weighted by atomic mass is 9.90. The molecule has 0 spiro atoms. The normalized spacial score (nSPS) is 17.1. The number of nitrogens with zero attached hydrogens (tertiary/aromatic N) is 1. The van der Waals surface area contributed by atoms with Crippen molar-refractivity contribution in [1.29, 1.82) is 0 Å². The molecule has 1 aliphatic rings. The van der Waals surface area contributed by atoms with E-state index in [0.29, 0.717) is 6.07 Å². The van der Waals surface area contributed by atoms with Crippen LogP contribution < -0.4 is 5.32 Å². The second-order valence-electron chi connectivity index (χ2n) is 5.37. The monoisotopic (exact) mass is 320 g/mol. The van der Waals surface area contributed by atoms with E-state index in [1.807, 2.05) is 0 Å². The van der Waals surface area contributed by atoms with Gasteiger partial charge in [-0.2, -0.15) is 13.2 Å². The second kappa shape index (κ2) is 6.12. The Morgan fingerprint density at radius 3 is 2.59 bits per heavy atom. The zero-order chi connectivity index (χ0) is 16.5. The van der Waals surface area contributed by atoms with Gasteiger partial charge in [0.2, 0.25) is 0 Å². The minimum atomic E-state index is -4.58. The number of rotatable bonds is 3. The Balaban J connectivity index is 1.95. The first-order valence-electron chi connectivity index (χ1n) is 6.76. The summed E-state index contributed by atoms with van der Waals surface area (Å²) in [4.78, 5) is 13.0. The fourth-order valence-corrected chi connectivity index (χ4v) is 2.22. The van der Waals surface area contributed by atoms with Gasteiger partial charge in [0.25, 0.3) is 0 Å². The molecular formula is C14H16F4N2O2. The minimum absolute atomic E-state index is 0.106. The highest BCUT2D eigenvalue weighted by Gasteiger charge is 2.35. The third-order valence-electron chi connectivity index (χ3n) is 3.49. The Morgan fingerprint density at radius 2 is 2.09 bits per heavy atom. The molecule has 0 radical (unpaired) electrons. The van der Waals surface area contributed by atoms with E-state index in [9.17, 15) is 22.4 Å². The van der Waals surface area contributed by atoms with Crippen LogP contribution in [0.5, 0.6) is 0 Å². The molecule has 0 aromatic heterocycles. The van der Waals surface area contributed by atoms with Crippen LogP contribution in [0.3, 0.4) is 0 Å². The topological polar surface area (TPSA) is 52.6 Å². The van der Waals surface area contributed by atoms with Crippen molar-refractivity contribution in [3.8, 4) is 0 Å². The van der Waals surface area contributed by atoms with Gasteiger partial charge in [0.1, 0.15) is 5.82 Å². The predicted molar refractivity (Wildman–Crippen MR) is 70.8 cm³/mol. The number of aliphatic hydroxyl groups excluding tert-OH is 1. The smallest absolute Gasteiger partial charge is 0.392 e. The summed E-state index contributed by atoms with van der Waals surface area (Å²) < 4.78 is 51.2.